The molecule has 218 valence electrons. The van der Waals surface area contributed by atoms with Gasteiger partial charge in [-0.2, -0.15) is 0 Å². The molecule has 0 atom stereocenters. The second-order valence-corrected chi connectivity index (χ2v) is 15.3. The van der Waals surface area contributed by atoms with Gasteiger partial charge < -0.3 is 0 Å². The highest BCUT2D eigenvalue weighted by Crippen LogP contribution is 2.42. The lowest BCUT2D eigenvalue weighted by molar-refractivity contribution is 1.73. The standard InChI is InChI=1S/C34H37B15/c35-20-17(25(40)26(41)19-18(20)27(42)33(48)34(49)28(19)43)12-15-13(21(36)29(44)31(46)23(15)38)11(10-7-3-5-8-4-1-2-6-9(8)10)14-16(12)24(39)32(47)30(45)22(14)37/h1-7H,35-49H2. The molecule has 0 saturated carbocycles. The van der Waals surface area contributed by atoms with Gasteiger partial charge in [0.05, 0.1) is 0 Å². The molecule has 0 unspecified atom stereocenters. The summed E-state index contributed by atoms with van der Waals surface area (Å²) in [6, 6.07) is 15.8. The smallest absolute Gasteiger partial charge is 0.101 e. The molecule has 7 rings (SSSR count). The second-order valence-electron chi connectivity index (χ2n) is 15.3. The van der Waals surface area contributed by atoms with E-state index in [1.54, 1.807) is 0 Å². The molecule has 7 aromatic rings. The summed E-state index contributed by atoms with van der Waals surface area (Å²) in [6.45, 7) is 0. The Labute approximate surface area is 306 Å². The Hall–Kier alpha value is -3.45. The van der Waals surface area contributed by atoms with E-state index in [2.05, 4.69) is 160 Å². The molecule has 0 fully saturated rings. The molecule has 0 bridgehead atoms. The first-order chi connectivity index (χ1) is 23.1. The first kappa shape index (κ1) is 34.0. The van der Waals surface area contributed by atoms with Gasteiger partial charge in [-0.05, 0) is 65.3 Å². The summed E-state index contributed by atoms with van der Waals surface area (Å²) in [5, 5.41) is 11.2. The van der Waals surface area contributed by atoms with E-state index in [4.69, 9.17) is 0 Å². The van der Waals surface area contributed by atoms with Crippen molar-refractivity contribution in [1.29, 1.82) is 0 Å². The van der Waals surface area contributed by atoms with Crippen molar-refractivity contribution < 1.29 is 0 Å². The van der Waals surface area contributed by atoms with Crippen LogP contribution in [0.15, 0.2) is 42.5 Å². The Morgan fingerprint density at radius 3 is 1.06 bits per heavy atom. The van der Waals surface area contributed by atoms with Crippen LogP contribution < -0.4 is 81.9 Å². The number of rotatable bonds is 2. The summed E-state index contributed by atoms with van der Waals surface area (Å²) in [5.41, 5.74) is 26.7. The van der Waals surface area contributed by atoms with Crippen molar-refractivity contribution in [3.8, 4) is 22.3 Å². The highest BCUT2D eigenvalue weighted by molar-refractivity contribution is 6.75. The fourth-order valence-corrected chi connectivity index (χ4v) is 9.49. The highest BCUT2D eigenvalue weighted by Gasteiger charge is 2.28. The van der Waals surface area contributed by atoms with E-state index in [1.807, 2.05) is 0 Å². The zero-order valence-electron chi connectivity index (χ0n) is 32.5. The van der Waals surface area contributed by atoms with Crippen LogP contribution in [0.3, 0.4) is 0 Å². The van der Waals surface area contributed by atoms with Gasteiger partial charge in [-0.1, -0.05) is 91.6 Å². The quantitative estimate of drug-likeness (QED) is 0.135. The minimum absolute atomic E-state index is 1.29. The molecule has 0 radical (unpaired) electrons. The average molecular weight is 608 g/mol. The molecule has 0 amide bonds. The van der Waals surface area contributed by atoms with Crippen LogP contribution in [0.25, 0.3) is 65.3 Å². The molecular weight excluding hydrogens is 571 g/mol. The fourth-order valence-electron chi connectivity index (χ4n) is 9.49. The summed E-state index contributed by atoms with van der Waals surface area (Å²) >= 11 is 0. The van der Waals surface area contributed by atoms with E-state index in [0.29, 0.717) is 0 Å². The molecular formula is C34H37B15. The van der Waals surface area contributed by atoms with Crippen LogP contribution in [-0.2, 0) is 0 Å². The Morgan fingerprint density at radius 2 is 0.592 bits per heavy atom. The Kier molecular flexibility index (Phi) is 8.21. The zero-order chi connectivity index (χ0) is 35.5. The van der Waals surface area contributed by atoms with E-state index < -0.39 is 0 Å². The summed E-state index contributed by atoms with van der Waals surface area (Å²) in [7, 11) is 35.3. The van der Waals surface area contributed by atoms with Crippen LogP contribution in [0.1, 0.15) is 0 Å². The first-order valence-corrected chi connectivity index (χ1v) is 18.1. The SMILES string of the molecule is Bc1c(B)c(B)c2c(B)c(-c3c4c(B)c(B)c(B)c(B)c4c(-c4cccc5ccccc45)c4c(B)c(B)c(B)c(B)c34)c(B)c(B)c2c1B. The molecule has 0 heterocycles. The predicted molar refractivity (Wildman–Crippen MR) is 270 cm³/mol. The van der Waals surface area contributed by atoms with E-state index in [0.717, 1.165) is 0 Å². The van der Waals surface area contributed by atoms with Gasteiger partial charge in [0.2, 0.25) is 0 Å². The zero-order valence-corrected chi connectivity index (χ0v) is 32.5. The normalized spacial score (nSPS) is 11.7. The van der Waals surface area contributed by atoms with E-state index in [9.17, 15) is 0 Å². The summed E-state index contributed by atoms with van der Waals surface area (Å²) in [5.74, 6) is 0. The Morgan fingerprint density at radius 1 is 0.245 bits per heavy atom. The van der Waals surface area contributed by atoms with Crippen molar-refractivity contribution >= 4 is 243 Å². The minimum Gasteiger partial charge on any atom is -0.101 e. The first-order valence-electron chi connectivity index (χ1n) is 18.1. The van der Waals surface area contributed by atoms with Crippen LogP contribution in [-0.4, -0.2) is 118 Å². The lowest BCUT2D eigenvalue weighted by atomic mass is 9.56. The minimum atomic E-state index is 1.29. The van der Waals surface area contributed by atoms with Crippen molar-refractivity contribution in [2.75, 3.05) is 0 Å². The van der Waals surface area contributed by atoms with Crippen molar-refractivity contribution in [3.05, 3.63) is 42.5 Å². The molecule has 0 aliphatic heterocycles. The van der Waals surface area contributed by atoms with Crippen LogP contribution >= 0.6 is 0 Å². The van der Waals surface area contributed by atoms with Gasteiger partial charge in [0.15, 0.2) is 0 Å². The third kappa shape index (κ3) is 4.52. The lowest BCUT2D eigenvalue weighted by Gasteiger charge is -2.31. The summed E-state index contributed by atoms with van der Waals surface area (Å²) in [4.78, 5) is 0. The van der Waals surface area contributed by atoms with Crippen molar-refractivity contribution in [1.82, 2.24) is 0 Å². The monoisotopic (exact) mass is 610 g/mol. The third-order valence-corrected chi connectivity index (χ3v) is 13.4. The van der Waals surface area contributed by atoms with E-state index >= 15 is 0 Å². The predicted octanol–water partition coefficient (Wildman–Crippen LogP) is -16.5. The van der Waals surface area contributed by atoms with E-state index in [-0.39, 0.29) is 0 Å². The third-order valence-electron chi connectivity index (χ3n) is 13.4. The van der Waals surface area contributed by atoms with E-state index in [1.165, 1.54) is 147 Å². The fraction of sp³-hybridized carbons (Fsp3) is 0. The highest BCUT2D eigenvalue weighted by atomic mass is 14.3. The van der Waals surface area contributed by atoms with Gasteiger partial charge in [-0.3, -0.25) is 0 Å². The van der Waals surface area contributed by atoms with Crippen LogP contribution in [0.4, 0.5) is 0 Å². The topological polar surface area (TPSA) is 0 Å². The molecule has 0 N–H and O–H groups in total. The maximum absolute atomic E-state index is 2.41. The lowest BCUT2D eigenvalue weighted by Crippen LogP contribution is -2.52. The molecule has 0 aromatic heterocycles. The molecule has 49 heavy (non-hydrogen) atoms. The Bertz CT molecular complexity index is 2580. The molecule has 0 aliphatic rings. The van der Waals surface area contributed by atoms with Crippen LogP contribution in [0.2, 0.25) is 0 Å². The Balaban J connectivity index is 1.90. The molecule has 0 nitrogen and oxygen atoms in total. The van der Waals surface area contributed by atoms with Gasteiger partial charge >= 0.3 is 0 Å². The number of hydrogen-bond donors (Lipinski definition) is 0. The second kappa shape index (κ2) is 11.8. The maximum Gasteiger partial charge on any atom is 0.140 e. The summed E-state index contributed by atoms with van der Waals surface area (Å²) < 4.78 is 0. The summed E-state index contributed by atoms with van der Waals surface area (Å²) in [6.07, 6.45) is 0. The maximum atomic E-state index is 2.41. The van der Waals surface area contributed by atoms with Crippen molar-refractivity contribution in [3.63, 3.8) is 0 Å². The number of fused-ring (bicyclic) bond motifs is 4. The molecule has 7 aromatic carbocycles. The van der Waals surface area contributed by atoms with Gasteiger partial charge in [0.1, 0.15) is 118 Å². The molecule has 0 aliphatic carbocycles. The average Bonchev–Trinajstić information content (AvgIpc) is 3.09. The van der Waals surface area contributed by atoms with Gasteiger partial charge in [0.25, 0.3) is 0 Å². The molecule has 0 spiro atoms. The van der Waals surface area contributed by atoms with Gasteiger partial charge in [-0.25, -0.2) is 0 Å². The molecule has 15 heteroatoms. The van der Waals surface area contributed by atoms with Gasteiger partial charge in [0, 0.05) is 0 Å². The van der Waals surface area contributed by atoms with Crippen LogP contribution in [0.5, 0.6) is 0 Å². The molecule has 0 saturated heterocycles. The van der Waals surface area contributed by atoms with Gasteiger partial charge in [-0.15, -0.1) is 32.8 Å². The number of benzene rings is 7. The van der Waals surface area contributed by atoms with Crippen molar-refractivity contribution in [2.45, 2.75) is 0 Å². The van der Waals surface area contributed by atoms with Crippen molar-refractivity contribution in [2.24, 2.45) is 0 Å². The largest absolute Gasteiger partial charge is 0.140 e. The number of hydrogen-bond acceptors (Lipinski definition) is 0. The van der Waals surface area contributed by atoms with Crippen LogP contribution in [0, 0.1) is 0 Å².